The van der Waals surface area contributed by atoms with Crippen molar-refractivity contribution >= 4 is 23.5 Å². The summed E-state index contributed by atoms with van der Waals surface area (Å²) in [7, 11) is 0. The topological polar surface area (TPSA) is 33.6 Å². The molecule has 0 saturated heterocycles. The van der Waals surface area contributed by atoms with Gasteiger partial charge in [0.05, 0.1) is 6.21 Å². The van der Waals surface area contributed by atoms with E-state index >= 15 is 0 Å². The zero-order chi connectivity index (χ0) is 21.0. The number of benzene rings is 3. The molecular formula is C20H12ClF5N2O. The first kappa shape index (κ1) is 20.6. The van der Waals surface area contributed by atoms with Crippen LogP contribution in [-0.4, -0.2) is 6.21 Å². The van der Waals surface area contributed by atoms with Crippen LogP contribution >= 0.6 is 11.6 Å². The fourth-order valence-corrected chi connectivity index (χ4v) is 2.43. The van der Waals surface area contributed by atoms with Crippen LogP contribution in [0, 0.1) is 29.1 Å². The van der Waals surface area contributed by atoms with Gasteiger partial charge >= 0.3 is 0 Å². The number of hydrogen-bond acceptors (Lipinski definition) is 3. The number of ether oxygens (including phenoxy) is 1. The predicted molar refractivity (Wildman–Crippen MR) is 99.7 cm³/mol. The molecule has 3 nitrogen and oxygen atoms in total. The van der Waals surface area contributed by atoms with Crippen LogP contribution < -0.4 is 10.2 Å². The Morgan fingerprint density at radius 2 is 1.48 bits per heavy atom. The Morgan fingerprint density at radius 1 is 0.862 bits per heavy atom. The van der Waals surface area contributed by atoms with E-state index in [2.05, 4.69) is 5.10 Å². The highest BCUT2D eigenvalue weighted by Gasteiger charge is 2.25. The number of halogens is 6. The van der Waals surface area contributed by atoms with Crippen LogP contribution in [0.15, 0.2) is 53.6 Å². The first-order chi connectivity index (χ1) is 13.9. The molecule has 0 heterocycles. The molecule has 3 aromatic rings. The molecule has 1 N–H and O–H groups in total. The van der Waals surface area contributed by atoms with E-state index in [1.165, 1.54) is 0 Å². The highest BCUT2D eigenvalue weighted by Crippen LogP contribution is 2.27. The van der Waals surface area contributed by atoms with Gasteiger partial charge in [-0.1, -0.05) is 35.9 Å². The SMILES string of the molecule is Fc1c(F)c(F)c(N/N=C\c2cccc(OCc3ccc(Cl)cc3)c2)c(F)c1F. The molecular weight excluding hydrogens is 415 g/mol. The van der Waals surface area contributed by atoms with Crippen molar-refractivity contribution in [2.24, 2.45) is 5.10 Å². The maximum atomic E-state index is 13.6. The lowest BCUT2D eigenvalue weighted by Crippen LogP contribution is -2.06. The van der Waals surface area contributed by atoms with Gasteiger partial charge in [-0.15, -0.1) is 0 Å². The zero-order valence-corrected chi connectivity index (χ0v) is 15.3. The lowest BCUT2D eigenvalue weighted by molar-refractivity contribution is 0.306. The van der Waals surface area contributed by atoms with E-state index in [1.807, 2.05) is 17.6 Å². The largest absolute Gasteiger partial charge is 0.489 e. The van der Waals surface area contributed by atoms with E-state index < -0.39 is 34.8 Å². The second kappa shape index (κ2) is 8.91. The van der Waals surface area contributed by atoms with Crippen molar-refractivity contribution < 1.29 is 26.7 Å². The molecule has 0 fully saturated rings. The second-order valence-corrected chi connectivity index (χ2v) is 6.24. The van der Waals surface area contributed by atoms with E-state index in [1.54, 1.807) is 36.4 Å². The Labute approximate surface area is 167 Å². The molecule has 0 unspecified atom stereocenters. The van der Waals surface area contributed by atoms with Crippen LogP contribution in [-0.2, 0) is 6.61 Å². The van der Waals surface area contributed by atoms with Crippen molar-refractivity contribution in [3.8, 4) is 5.75 Å². The van der Waals surface area contributed by atoms with Crippen LogP contribution in [0.3, 0.4) is 0 Å². The van der Waals surface area contributed by atoms with E-state index in [0.717, 1.165) is 11.8 Å². The van der Waals surface area contributed by atoms with Gasteiger partial charge < -0.3 is 4.74 Å². The van der Waals surface area contributed by atoms with Gasteiger partial charge in [0.15, 0.2) is 23.3 Å². The molecule has 0 saturated carbocycles. The summed E-state index contributed by atoms with van der Waals surface area (Å²) in [5.41, 5.74) is 1.96. The average Bonchev–Trinajstić information content (AvgIpc) is 2.73. The minimum Gasteiger partial charge on any atom is -0.489 e. The number of nitrogens with one attached hydrogen (secondary N) is 1. The highest BCUT2D eigenvalue weighted by atomic mass is 35.5. The van der Waals surface area contributed by atoms with Crippen molar-refractivity contribution in [2.75, 3.05) is 5.43 Å². The molecule has 0 bridgehead atoms. The van der Waals surface area contributed by atoms with Crippen LogP contribution in [0.5, 0.6) is 5.75 Å². The van der Waals surface area contributed by atoms with Gasteiger partial charge in [0.25, 0.3) is 0 Å². The summed E-state index contributed by atoms with van der Waals surface area (Å²) in [6.07, 6.45) is 1.15. The van der Waals surface area contributed by atoms with Crippen molar-refractivity contribution in [3.63, 3.8) is 0 Å². The number of hydrazone groups is 1. The third-order valence-corrected chi connectivity index (χ3v) is 4.03. The maximum absolute atomic E-state index is 13.6. The fraction of sp³-hybridized carbons (Fsp3) is 0.0500. The third-order valence-electron chi connectivity index (χ3n) is 3.78. The zero-order valence-electron chi connectivity index (χ0n) is 14.5. The predicted octanol–water partition coefficient (Wildman–Crippen LogP) is 6.06. The smallest absolute Gasteiger partial charge is 0.200 e. The molecule has 0 atom stereocenters. The number of hydrogen-bond donors (Lipinski definition) is 1. The maximum Gasteiger partial charge on any atom is 0.200 e. The molecule has 0 aliphatic carbocycles. The van der Waals surface area contributed by atoms with E-state index in [-0.39, 0.29) is 6.61 Å². The number of anilines is 1. The van der Waals surface area contributed by atoms with Crippen molar-refractivity contribution in [1.29, 1.82) is 0 Å². The number of nitrogens with zero attached hydrogens (tertiary/aromatic N) is 1. The van der Waals surface area contributed by atoms with Crippen LogP contribution in [0.25, 0.3) is 0 Å². The average molecular weight is 427 g/mol. The van der Waals surface area contributed by atoms with Crippen LogP contribution in [0.4, 0.5) is 27.6 Å². The summed E-state index contributed by atoms with van der Waals surface area (Å²) in [5, 5.41) is 4.14. The molecule has 3 rings (SSSR count). The quantitative estimate of drug-likeness (QED) is 0.171. The first-order valence-electron chi connectivity index (χ1n) is 8.14. The second-order valence-electron chi connectivity index (χ2n) is 5.80. The molecule has 0 radical (unpaired) electrons. The van der Waals surface area contributed by atoms with Gasteiger partial charge in [0, 0.05) is 5.02 Å². The molecule has 0 spiro atoms. The number of rotatable bonds is 6. The minimum absolute atomic E-state index is 0.278. The molecule has 150 valence electrons. The summed E-state index contributed by atoms with van der Waals surface area (Å²) in [4.78, 5) is 0. The molecule has 0 aromatic heterocycles. The van der Waals surface area contributed by atoms with Crippen LogP contribution in [0.2, 0.25) is 5.02 Å². The van der Waals surface area contributed by atoms with Gasteiger partial charge in [-0.2, -0.15) is 5.10 Å². The third kappa shape index (κ3) is 4.83. The summed E-state index contributed by atoms with van der Waals surface area (Å²) in [6, 6.07) is 13.6. The van der Waals surface area contributed by atoms with Crippen molar-refractivity contribution in [1.82, 2.24) is 0 Å². The monoisotopic (exact) mass is 426 g/mol. The molecule has 29 heavy (non-hydrogen) atoms. The summed E-state index contributed by atoms with van der Waals surface area (Å²) < 4.78 is 72.2. The molecule has 3 aromatic carbocycles. The Morgan fingerprint density at radius 3 is 2.14 bits per heavy atom. The van der Waals surface area contributed by atoms with Gasteiger partial charge in [0.2, 0.25) is 5.82 Å². The molecule has 0 amide bonds. The first-order valence-corrected chi connectivity index (χ1v) is 8.52. The lowest BCUT2D eigenvalue weighted by atomic mass is 10.2. The van der Waals surface area contributed by atoms with Gasteiger partial charge in [-0.25, -0.2) is 22.0 Å². The van der Waals surface area contributed by atoms with E-state index in [4.69, 9.17) is 16.3 Å². The van der Waals surface area contributed by atoms with Crippen molar-refractivity contribution in [2.45, 2.75) is 6.61 Å². The fourth-order valence-electron chi connectivity index (χ4n) is 2.31. The molecule has 9 heteroatoms. The van der Waals surface area contributed by atoms with Gasteiger partial charge in [-0.3, -0.25) is 5.43 Å². The molecule has 0 aliphatic heterocycles. The summed E-state index contributed by atoms with van der Waals surface area (Å²) in [5.74, 6) is -9.87. The van der Waals surface area contributed by atoms with Gasteiger partial charge in [-0.05, 0) is 35.4 Å². The summed E-state index contributed by atoms with van der Waals surface area (Å²) >= 11 is 5.82. The standard InChI is InChI=1S/C20H12ClF5N2O/c21-13-6-4-11(5-7-13)10-29-14-3-1-2-12(8-14)9-27-28-20-18(25)16(23)15(22)17(24)19(20)26/h1-9,28H,10H2/b27-9-. The highest BCUT2D eigenvalue weighted by molar-refractivity contribution is 6.30. The Kier molecular flexibility index (Phi) is 6.33. The minimum atomic E-state index is -2.24. The van der Waals surface area contributed by atoms with Crippen molar-refractivity contribution in [3.05, 3.63) is 93.8 Å². The van der Waals surface area contributed by atoms with Crippen LogP contribution in [0.1, 0.15) is 11.1 Å². The molecule has 0 aliphatic rings. The van der Waals surface area contributed by atoms with E-state index in [0.29, 0.717) is 16.3 Å². The van der Waals surface area contributed by atoms with E-state index in [9.17, 15) is 22.0 Å². The Bertz CT molecular complexity index is 1030. The lowest BCUT2D eigenvalue weighted by Gasteiger charge is -2.08. The Hall–Kier alpha value is -3.13. The normalized spacial score (nSPS) is 11.1. The summed E-state index contributed by atoms with van der Waals surface area (Å²) in [6.45, 7) is 0.278. The Balaban J connectivity index is 1.69. The van der Waals surface area contributed by atoms with Gasteiger partial charge in [0.1, 0.15) is 18.0 Å².